The van der Waals surface area contributed by atoms with Crippen molar-refractivity contribution in [3.8, 4) is 10.6 Å². The van der Waals surface area contributed by atoms with Gasteiger partial charge < -0.3 is 9.88 Å². The number of benzene rings is 1. The number of rotatable bonds is 5. The van der Waals surface area contributed by atoms with Gasteiger partial charge in [-0.3, -0.25) is 4.79 Å². The lowest BCUT2D eigenvalue weighted by Crippen LogP contribution is -2.28. The molecule has 1 atom stereocenters. The molecule has 1 aliphatic carbocycles. The number of aryl methyl sites for hydroxylation is 1. The van der Waals surface area contributed by atoms with E-state index in [0.29, 0.717) is 18.3 Å². The molecule has 0 spiro atoms. The van der Waals surface area contributed by atoms with E-state index < -0.39 is 0 Å². The second kappa shape index (κ2) is 7.83. The Labute approximate surface area is 167 Å². The van der Waals surface area contributed by atoms with Crippen LogP contribution in [0.4, 0.5) is 10.2 Å². The van der Waals surface area contributed by atoms with Crippen LogP contribution >= 0.6 is 11.3 Å². The molecular weight excluding hydrogens is 375 g/mol. The molecule has 0 radical (unpaired) electrons. The molecule has 1 aromatic carbocycles. The minimum absolute atomic E-state index is 0.0377. The van der Waals surface area contributed by atoms with E-state index in [1.165, 1.54) is 17.0 Å². The fraction of sp³-hybridized carbons (Fsp3) is 0.381. The Bertz CT molecular complexity index is 1030. The van der Waals surface area contributed by atoms with Crippen LogP contribution in [0.15, 0.2) is 41.5 Å². The van der Waals surface area contributed by atoms with Crippen LogP contribution in [0.3, 0.4) is 0 Å². The highest BCUT2D eigenvalue weighted by Gasteiger charge is 2.26. The summed E-state index contributed by atoms with van der Waals surface area (Å²) in [5.74, 6) is 0.501. The molecule has 0 saturated carbocycles. The van der Waals surface area contributed by atoms with E-state index in [2.05, 4.69) is 24.1 Å². The van der Waals surface area contributed by atoms with Crippen LogP contribution in [-0.2, 0) is 13.0 Å². The third-order valence-corrected chi connectivity index (χ3v) is 6.01. The summed E-state index contributed by atoms with van der Waals surface area (Å²) in [6.45, 7) is 4.83. The smallest absolute Gasteiger partial charge is 0.293 e. The molecule has 146 valence electrons. The predicted octanol–water partition coefficient (Wildman–Crippen LogP) is 4.65. The van der Waals surface area contributed by atoms with Crippen LogP contribution in [0, 0.1) is 11.7 Å². The first-order valence-corrected chi connectivity index (χ1v) is 10.4. The van der Waals surface area contributed by atoms with Crippen LogP contribution in [0.25, 0.3) is 10.6 Å². The minimum atomic E-state index is -0.252. The SMILES string of the molecule is CC(C)Cn1ccnc(NC2CCCc3sc(-c4ccc(F)cc4)nc32)c1=O. The normalized spacial score (nSPS) is 16.2. The summed E-state index contributed by atoms with van der Waals surface area (Å²) in [5, 5.41) is 4.22. The Morgan fingerprint density at radius 2 is 2.11 bits per heavy atom. The lowest BCUT2D eigenvalue weighted by molar-refractivity contribution is 0.508. The molecule has 0 amide bonds. The largest absolute Gasteiger partial charge is 0.357 e. The minimum Gasteiger partial charge on any atom is -0.357 e. The summed E-state index contributed by atoms with van der Waals surface area (Å²) in [4.78, 5) is 23.1. The van der Waals surface area contributed by atoms with Crippen LogP contribution in [0.5, 0.6) is 0 Å². The molecule has 7 heteroatoms. The number of nitrogens with zero attached hydrogens (tertiary/aromatic N) is 3. The van der Waals surface area contributed by atoms with Crippen molar-refractivity contribution in [1.29, 1.82) is 0 Å². The van der Waals surface area contributed by atoms with E-state index in [-0.39, 0.29) is 17.4 Å². The second-order valence-electron chi connectivity index (χ2n) is 7.55. The molecule has 1 unspecified atom stereocenters. The van der Waals surface area contributed by atoms with Crippen LogP contribution in [0.2, 0.25) is 0 Å². The molecule has 2 heterocycles. The van der Waals surface area contributed by atoms with Crippen LogP contribution in [0.1, 0.15) is 43.3 Å². The zero-order valence-corrected chi connectivity index (χ0v) is 16.8. The van der Waals surface area contributed by atoms with Gasteiger partial charge in [0.15, 0.2) is 5.82 Å². The van der Waals surface area contributed by atoms with Gasteiger partial charge in [-0.05, 0) is 49.4 Å². The first-order chi connectivity index (χ1) is 13.5. The van der Waals surface area contributed by atoms with Gasteiger partial charge >= 0.3 is 0 Å². The van der Waals surface area contributed by atoms with Gasteiger partial charge in [0.25, 0.3) is 5.56 Å². The maximum absolute atomic E-state index is 13.2. The monoisotopic (exact) mass is 398 g/mol. The van der Waals surface area contributed by atoms with Crippen molar-refractivity contribution in [2.75, 3.05) is 5.32 Å². The molecule has 0 aliphatic heterocycles. The predicted molar refractivity (Wildman–Crippen MR) is 110 cm³/mol. The average Bonchev–Trinajstić information content (AvgIpc) is 3.10. The van der Waals surface area contributed by atoms with E-state index in [4.69, 9.17) is 4.98 Å². The number of thiazole rings is 1. The van der Waals surface area contributed by atoms with Gasteiger partial charge in [0.1, 0.15) is 10.8 Å². The number of nitrogens with one attached hydrogen (secondary N) is 1. The molecule has 5 nitrogen and oxygen atoms in total. The zero-order valence-electron chi connectivity index (χ0n) is 16.0. The van der Waals surface area contributed by atoms with Crippen molar-refractivity contribution in [1.82, 2.24) is 14.5 Å². The molecule has 1 aliphatic rings. The van der Waals surface area contributed by atoms with Gasteiger partial charge in [-0.2, -0.15) is 0 Å². The topological polar surface area (TPSA) is 59.8 Å². The number of hydrogen-bond acceptors (Lipinski definition) is 5. The fourth-order valence-corrected chi connectivity index (χ4v) is 4.69. The van der Waals surface area contributed by atoms with Crippen LogP contribution in [-0.4, -0.2) is 14.5 Å². The molecule has 0 fully saturated rings. The summed E-state index contributed by atoms with van der Waals surface area (Å²) in [5.41, 5.74) is 1.80. The zero-order chi connectivity index (χ0) is 19.7. The highest BCUT2D eigenvalue weighted by Crippen LogP contribution is 2.38. The van der Waals surface area contributed by atoms with E-state index in [1.54, 1.807) is 40.4 Å². The van der Waals surface area contributed by atoms with E-state index in [1.807, 2.05) is 0 Å². The molecule has 2 aromatic heterocycles. The van der Waals surface area contributed by atoms with Crippen molar-refractivity contribution in [3.05, 3.63) is 63.4 Å². The van der Waals surface area contributed by atoms with Crippen molar-refractivity contribution in [2.24, 2.45) is 5.92 Å². The van der Waals surface area contributed by atoms with Gasteiger partial charge in [-0.15, -0.1) is 11.3 Å². The molecule has 1 N–H and O–H groups in total. The van der Waals surface area contributed by atoms with Crippen molar-refractivity contribution in [3.63, 3.8) is 0 Å². The second-order valence-corrected chi connectivity index (χ2v) is 8.63. The van der Waals surface area contributed by atoms with Gasteiger partial charge in [0, 0.05) is 29.4 Å². The van der Waals surface area contributed by atoms with Gasteiger partial charge in [-0.25, -0.2) is 14.4 Å². The van der Waals surface area contributed by atoms with E-state index >= 15 is 0 Å². The molecule has 28 heavy (non-hydrogen) atoms. The third kappa shape index (κ3) is 3.85. The summed E-state index contributed by atoms with van der Waals surface area (Å²) in [6, 6.07) is 6.38. The van der Waals surface area contributed by atoms with Gasteiger partial charge in [-0.1, -0.05) is 13.8 Å². The molecule has 0 bridgehead atoms. The van der Waals surface area contributed by atoms with Crippen molar-refractivity contribution >= 4 is 17.2 Å². The molecule has 4 rings (SSSR count). The van der Waals surface area contributed by atoms with E-state index in [0.717, 1.165) is 35.5 Å². The highest BCUT2D eigenvalue weighted by molar-refractivity contribution is 7.15. The van der Waals surface area contributed by atoms with Gasteiger partial charge in [0.2, 0.25) is 0 Å². The Kier molecular flexibility index (Phi) is 5.26. The highest BCUT2D eigenvalue weighted by atomic mass is 32.1. The first-order valence-electron chi connectivity index (χ1n) is 9.59. The maximum atomic E-state index is 13.2. The maximum Gasteiger partial charge on any atom is 0.293 e. The fourth-order valence-electron chi connectivity index (χ4n) is 3.52. The van der Waals surface area contributed by atoms with Crippen LogP contribution < -0.4 is 10.9 Å². The Morgan fingerprint density at radius 3 is 2.86 bits per heavy atom. The lowest BCUT2D eigenvalue weighted by atomic mass is 9.97. The first kappa shape index (κ1) is 18.8. The standard InChI is InChI=1S/C21H23FN4OS/c1-13(2)12-26-11-10-23-19(21(26)27)24-16-4-3-5-17-18(16)25-20(28-17)14-6-8-15(22)9-7-14/h6-11,13,16H,3-5,12H2,1-2H3,(H,23,24). The number of anilines is 1. The number of aromatic nitrogens is 3. The molecule has 3 aromatic rings. The summed E-state index contributed by atoms with van der Waals surface area (Å²) >= 11 is 1.65. The van der Waals surface area contributed by atoms with Gasteiger partial charge in [0.05, 0.1) is 11.7 Å². The summed E-state index contributed by atoms with van der Waals surface area (Å²) in [6.07, 6.45) is 6.31. The summed E-state index contributed by atoms with van der Waals surface area (Å²) < 4.78 is 14.9. The lowest BCUT2D eigenvalue weighted by Gasteiger charge is -2.22. The van der Waals surface area contributed by atoms with Crippen molar-refractivity contribution < 1.29 is 4.39 Å². The quantitative estimate of drug-likeness (QED) is 0.680. The van der Waals surface area contributed by atoms with E-state index in [9.17, 15) is 9.18 Å². The number of hydrogen-bond donors (Lipinski definition) is 1. The Hall–Kier alpha value is -2.54. The van der Waals surface area contributed by atoms with Crippen molar-refractivity contribution in [2.45, 2.75) is 45.7 Å². The number of fused-ring (bicyclic) bond motifs is 1. The molecular formula is C21H23FN4OS. The summed E-state index contributed by atoms with van der Waals surface area (Å²) in [7, 11) is 0. The molecule has 0 saturated heterocycles. The Balaban J connectivity index is 1.62. The number of halogens is 1. The average molecular weight is 399 g/mol. The Morgan fingerprint density at radius 1 is 1.32 bits per heavy atom. The third-order valence-electron chi connectivity index (χ3n) is 4.83.